The van der Waals surface area contributed by atoms with Gasteiger partial charge in [-0.25, -0.2) is 9.18 Å². The molecule has 0 radical (unpaired) electrons. The normalized spacial score (nSPS) is 14.6. The first-order valence-corrected chi connectivity index (χ1v) is 9.15. The molecule has 0 saturated carbocycles. The fourth-order valence-corrected chi connectivity index (χ4v) is 3.47. The van der Waals surface area contributed by atoms with Crippen LogP contribution in [0.25, 0.3) is 0 Å². The predicted molar refractivity (Wildman–Crippen MR) is 106 cm³/mol. The zero-order chi connectivity index (χ0) is 20.1. The standard InChI is InChI=1S/C20H24FN5O2/c1-13-11-15(5-8-24-13)14-6-9-26(10-7-14)17-4-2-3-16(18(17)21)12-28-20(27)25-19(22)23/h2-5,8,11,14H,6-7,9-10,12H2,1H3,(H4,22,23,25,27). The van der Waals surface area contributed by atoms with Gasteiger partial charge in [0.1, 0.15) is 6.61 Å². The van der Waals surface area contributed by atoms with Crippen LogP contribution in [0.5, 0.6) is 0 Å². The number of piperidine rings is 1. The van der Waals surface area contributed by atoms with Crippen LogP contribution in [0.4, 0.5) is 14.9 Å². The lowest BCUT2D eigenvalue weighted by Gasteiger charge is -2.34. The number of anilines is 1. The average Bonchev–Trinajstić information content (AvgIpc) is 2.67. The highest BCUT2D eigenvalue weighted by Gasteiger charge is 2.23. The number of hydrogen-bond acceptors (Lipinski definition) is 4. The Morgan fingerprint density at radius 2 is 2.07 bits per heavy atom. The number of amides is 1. The second-order valence-corrected chi connectivity index (χ2v) is 6.83. The highest BCUT2D eigenvalue weighted by atomic mass is 19.1. The molecule has 0 aliphatic carbocycles. The molecule has 1 saturated heterocycles. The first-order chi connectivity index (χ1) is 13.4. The quantitative estimate of drug-likeness (QED) is 0.619. The van der Waals surface area contributed by atoms with Crippen LogP contribution < -0.4 is 16.4 Å². The zero-order valence-electron chi connectivity index (χ0n) is 15.8. The summed E-state index contributed by atoms with van der Waals surface area (Å²) in [6, 6.07) is 9.24. The van der Waals surface area contributed by atoms with E-state index in [4.69, 9.17) is 16.2 Å². The molecule has 7 nitrogen and oxygen atoms in total. The van der Waals surface area contributed by atoms with Crippen molar-refractivity contribution >= 4 is 17.7 Å². The predicted octanol–water partition coefficient (Wildman–Crippen LogP) is 2.82. The Morgan fingerprint density at radius 1 is 1.32 bits per heavy atom. The van der Waals surface area contributed by atoms with Crippen LogP contribution in [0.1, 0.15) is 35.6 Å². The van der Waals surface area contributed by atoms with Crippen LogP contribution in [0, 0.1) is 12.7 Å². The second kappa shape index (κ2) is 8.69. The Morgan fingerprint density at radius 3 is 2.75 bits per heavy atom. The molecule has 0 unspecified atom stereocenters. The summed E-state index contributed by atoms with van der Waals surface area (Å²) in [5.74, 6) is -0.338. The van der Waals surface area contributed by atoms with Crippen molar-refractivity contribution in [3.63, 3.8) is 0 Å². The smallest absolute Gasteiger partial charge is 0.437 e. The van der Waals surface area contributed by atoms with Gasteiger partial charge in [0.2, 0.25) is 0 Å². The Bertz CT molecular complexity index is 875. The van der Waals surface area contributed by atoms with E-state index >= 15 is 0 Å². The van der Waals surface area contributed by atoms with E-state index in [0.717, 1.165) is 31.6 Å². The maximum Gasteiger partial charge on any atom is 0.437 e. The number of nitrogens with two attached hydrogens (primary N) is 2. The monoisotopic (exact) mass is 385 g/mol. The molecule has 2 heterocycles. The number of guanidine groups is 1. The van der Waals surface area contributed by atoms with Gasteiger partial charge in [-0.2, -0.15) is 0 Å². The van der Waals surface area contributed by atoms with Crippen molar-refractivity contribution in [3.8, 4) is 0 Å². The van der Waals surface area contributed by atoms with Crippen molar-refractivity contribution in [2.45, 2.75) is 32.3 Å². The average molecular weight is 385 g/mol. The molecule has 1 fully saturated rings. The molecule has 148 valence electrons. The van der Waals surface area contributed by atoms with Gasteiger partial charge in [0.05, 0.1) is 5.69 Å². The number of carbonyl (C=O) groups excluding carboxylic acids is 1. The zero-order valence-corrected chi connectivity index (χ0v) is 15.8. The lowest BCUT2D eigenvalue weighted by atomic mass is 9.89. The summed E-state index contributed by atoms with van der Waals surface area (Å²) in [5.41, 5.74) is 13.3. The van der Waals surface area contributed by atoms with Crippen LogP contribution in [-0.2, 0) is 11.3 Å². The molecule has 8 heteroatoms. The van der Waals surface area contributed by atoms with Gasteiger partial charge in [0.15, 0.2) is 11.8 Å². The molecule has 1 aliphatic rings. The highest BCUT2D eigenvalue weighted by Crippen LogP contribution is 2.32. The van der Waals surface area contributed by atoms with Crippen LogP contribution in [0.3, 0.4) is 0 Å². The van der Waals surface area contributed by atoms with E-state index in [0.29, 0.717) is 11.6 Å². The summed E-state index contributed by atoms with van der Waals surface area (Å²) < 4.78 is 19.8. The maximum absolute atomic E-state index is 14.9. The van der Waals surface area contributed by atoms with Crippen molar-refractivity contribution in [3.05, 3.63) is 59.2 Å². The van der Waals surface area contributed by atoms with E-state index in [1.807, 2.05) is 18.0 Å². The lowest BCUT2D eigenvalue weighted by molar-refractivity contribution is 0.149. The molecule has 1 aliphatic heterocycles. The third-order valence-corrected chi connectivity index (χ3v) is 4.86. The Kier molecular flexibility index (Phi) is 6.08. The molecule has 2 aromatic rings. The topological polar surface area (TPSA) is 107 Å². The number of rotatable bonds is 4. The number of nitrogens with zero attached hydrogens (tertiary/aromatic N) is 3. The van der Waals surface area contributed by atoms with E-state index in [1.165, 1.54) is 5.56 Å². The van der Waals surface area contributed by atoms with Gasteiger partial charge in [0, 0.05) is 30.5 Å². The summed E-state index contributed by atoms with van der Waals surface area (Å²) in [6.45, 7) is 3.25. The van der Waals surface area contributed by atoms with Crippen molar-refractivity contribution in [2.75, 3.05) is 18.0 Å². The van der Waals surface area contributed by atoms with Crippen molar-refractivity contribution in [1.29, 1.82) is 0 Å². The fraction of sp³-hybridized carbons (Fsp3) is 0.350. The van der Waals surface area contributed by atoms with Crippen LogP contribution >= 0.6 is 0 Å². The summed E-state index contributed by atoms with van der Waals surface area (Å²) in [7, 11) is 0. The van der Waals surface area contributed by atoms with E-state index < -0.39 is 17.9 Å². The first kappa shape index (κ1) is 19.6. The van der Waals surface area contributed by atoms with Crippen molar-refractivity contribution in [2.24, 2.45) is 16.5 Å². The lowest BCUT2D eigenvalue weighted by Crippen LogP contribution is -2.33. The number of aryl methyl sites for hydroxylation is 1. The Labute approximate surface area is 163 Å². The van der Waals surface area contributed by atoms with Gasteiger partial charge in [0.25, 0.3) is 0 Å². The summed E-state index contributed by atoms with van der Waals surface area (Å²) in [5, 5.41) is 0. The molecular weight excluding hydrogens is 361 g/mol. The van der Waals surface area contributed by atoms with Crippen molar-refractivity contribution < 1.29 is 13.9 Å². The fourth-order valence-electron chi connectivity index (χ4n) is 3.47. The van der Waals surface area contributed by atoms with Gasteiger partial charge in [-0.3, -0.25) is 4.98 Å². The molecule has 0 bridgehead atoms. The number of aromatic nitrogens is 1. The largest absolute Gasteiger partial charge is 0.443 e. The van der Waals surface area contributed by atoms with Crippen LogP contribution in [0.15, 0.2) is 41.5 Å². The number of ether oxygens (including phenoxy) is 1. The van der Waals surface area contributed by atoms with E-state index in [2.05, 4.69) is 22.1 Å². The third kappa shape index (κ3) is 4.76. The van der Waals surface area contributed by atoms with Crippen LogP contribution in [-0.4, -0.2) is 30.1 Å². The van der Waals surface area contributed by atoms with Gasteiger partial charge in [-0.05, 0) is 49.4 Å². The first-order valence-electron chi connectivity index (χ1n) is 9.15. The number of carbonyl (C=O) groups is 1. The summed E-state index contributed by atoms with van der Waals surface area (Å²) >= 11 is 0. The van der Waals surface area contributed by atoms with Crippen molar-refractivity contribution in [1.82, 2.24) is 4.98 Å². The second-order valence-electron chi connectivity index (χ2n) is 6.83. The van der Waals surface area contributed by atoms with E-state index in [9.17, 15) is 9.18 Å². The molecule has 1 amide bonds. The minimum atomic E-state index is -0.946. The molecule has 1 aromatic carbocycles. The molecule has 3 rings (SSSR count). The van der Waals surface area contributed by atoms with Gasteiger partial charge >= 0.3 is 6.09 Å². The number of benzene rings is 1. The number of aliphatic imine (C=N–C) groups is 1. The Hall–Kier alpha value is -3.16. The molecule has 1 aromatic heterocycles. The van der Waals surface area contributed by atoms with Gasteiger partial charge < -0.3 is 21.1 Å². The van der Waals surface area contributed by atoms with Gasteiger partial charge in [-0.15, -0.1) is 4.99 Å². The summed E-state index contributed by atoms with van der Waals surface area (Å²) in [6.07, 6.45) is 2.77. The minimum absolute atomic E-state index is 0.234. The molecule has 0 atom stereocenters. The summed E-state index contributed by atoms with van der Waals surface area (Å²) in [4.78, 5) is 20.9. The highest BCUT2D eigenvalue weighted by molar-refractivity contribution is 5.87. The molecule has 28 heavy (non-hydrogen) atoms. The number of halogens is 1. The molecular formula is C20H24FN5O2. The number of hydrogen-bond donors (Lipinski definition) is 2. The molecule has 4 N–H and O–H groups in total. The van der Waals surface area contributed by atoms with E-state index in [-0.39, 0.29) is 12.2 Å². The van der Waals surface area contributed by atoms with Crippen LogP contribution in [0.2, 0.25) is 0 Å². The third-order valence-electron chi connectivity index (χ3n) is 4.86. The SMILES string of the molecule is Cc1cc(C2CCN(c3cccc(COC(=O)N=C(N)N)c3F)CC2)ccn1. The molecule has 0 spiro atoms. The van der Waals surface area contributed by atoms with E-state index in [1.54, 1.807) is 18.2 Å². The number of pyridine rings is 1. The maximum atomic E-state index is 14.9. The Balaban J connectivity index is 1.65. The van der Waals surface area contributed by atoms with Gasteiger partial charge in [-0.1, -0.05) is 12.1 Å². The minimum Gasteiger partial charge on any atom is -0.443 e.